The number of methoxy groups -OCH3 is 3. The maximum absolute atomic E-state index is 13.3. The van der Waals surface area contributed by atoms with Crippen molar-refractivity contribution in [3.8, 4) is 23.0 Å². The van der Waals surface area contributed by atoms with E-state index in [0.717, 1.165) is 0 Å². The summed E-state index contributed by atoms with van der Waals surface area (Å²) in [6.07, 6.45) is -0.958. The Morgan fingerprint density at radius 1 is 1.00 bits per heavy atom. The van der Waals surface area contributed by atoms with Crippen LogP contribution in [0.25, 0.3) is 0 Å². The van der Waals surface area contributed by atoms with Crippen LogP contribution in [0.4, 0.5) is 0 Å². The summed E-state index contributed by atoms with van der Waals surface area (Å²) in [5.41, 5.74) is 0.826. The van der Waals surface area contributed by atoms with E-state index < -0.39 is 23.8 Å². The summed E-state index contributed by atoms with van der Waals surface area (Å²) in [4.78, 5) is 25.8. The lowest BCUT2D eigenvalue weighted by molar-refractivity contribution is -0.147. The van der Waals surface area contributed by atoms with Gasteiger partial charge >= 0.3 is 5.97 Å². The molecule has 1 heterocycles. The van der Waals surface area contributed by atoms with E-state index in [1.165, 1.54) is 14.2 Å². The number of ether oxygens (including phenoxy) is 5. The third kappa shape index (κ3) is 3.99. The largest absolute Gasteiger partial charge is 0.497 e. The zero-order valence-electron chi connectivity index (χ0n) is 17.1. The first-order valence-electron chi connectivity index (χ1n) is 9.21. The molecule has 2 aromatic rings. The minimum atomic E-state index is -1.18. The van der Waals surface area contributed by atoms with Crippen molar-refractivity contribution >= 4 is 11.8 Å². The first-order chi connectivity index (χ1) is 13.9. The molecule has 0 saturated heterocycles. The van der Waals surface area contributed by atoms with Crippen LogP contribution in [0, 0.1) is 5.92 Å². The second kappa shape index (κ2) is 8.43. The lowest BCUT2D eigenvalue weighted by Crippen LogP contribution is -2.38. The van der Waals surface area contributed by atoms with Crippen LogP contribution in [0.1, 0.15) is 35.9 Å². The second-order valence-electron chi connectivity index (χ2n) is 6.84. The summed E-state index contributed by atoms with van der Waals surface area (Å²) < 4.78 is 27.3. The van der Waals surface area contributed by atoms with Crippen LogP contribution in [0.15, 0.2) is 36.4 Å². The molecule has 2 aromatic carbocycles. The first kappa shape index (κ1) is 20.5. The quantitative estimate of drug-likeness (QED) is 0.541. The Morgan fingerprint density at radius 3 is 2.34 bits per heavy atom. The minimum absolute atomic E-state index is 0.0552. The average Bonchev–Trinajstić information content (AvgIpc) is 2.72. The van der Waals surface area contributed by atoms with Gasteiger partial charge in [0.2, 0.25) is 0 Å². The molecule has 3 rings (SSSR count). The fraction of sp³-hybridized carbons (Fsp3) is 0.364. The molecule has 7 nitrogen and oxygen atoms in total. The van der Waals surface area contributed by atoms with Gasteiger partial charge in [0.15, 0.2) is 11.7 Å². The Balaban J connectivity index is 2.09. The molecule has 0 radical (unpaired) electrons. The summed E-state index contributed by atoms with van der Waals surface area (Å²) in [5, 5.41) is 0. The molecule has 29 heavy (non-hydrogen) atoms. The van der Waals surface area contributed by atoms with Crippen LogP contribution in [-0.2, 0) is 9.53 Å². The third-order valence-electron chi connectivity index (χ3n) is 4.63. The molecule has 154 valence electrons. The number of benzene rings is 2. The van der Waals surface area contributed by atoms with Crippen LogP contribution in [0.2, 0.25) is 0 Å². The molecular formula is C22H24O7. The molecule has 7 heteroatoms. The molecule has 0 unspecified atom stereocenters. The predicted molar refractivity (Wildman–Crippen MR) is 105 cm³/mol. The SMILES string of the molecule is COC(=O)[C@H]1C(=O)c2cc(OC(C)C)ccc2O[C@@H]1c1ccc(OC)cc1OC. The fourth-order valence-electron chi connectivity index (χ4n) is 3.31. The van der Waals surface area contributed by atoms with E-state index in [0.29, 0.717) is 28.6 Å². The highest BCUT2D eigenvalue weighted by Crippen LogP contribution is 2.44. The summed E-state index contributed by atoms with van der Waals surface area (Å²) in [6, 6.07) is 10.1. The number of hydrogen-bond donors (Lipinski definition) is 0. The standard InChI is InChI=1S/C22H24O7/c1-12(2)28-14-7-9-17-16(10-14)20(23)19(22(24)27-5)21(29-17)15-8-6-13(25-3)11-18(15)26-4/h6-12,19,21H,1-5H3/t19-,21+/m0/s1. The molecule has 0 fully saturated rings. The van der Waals surface area contributed by atoms with Gasteiger partial charge in [-0.3, -0.25) is 9.59 Å². The van der Waals surface area contributed by atoms with Crippen molar-refractivity contribution in [1.29, 1.82) is 0 Å². The highest BCUT2D eigenvalue weighted by atomic mass is 16.5. The van der Waals surface area contributed by atoms with Crippen LogP contribution in [-0.4, -0.2) is 39.2 Å². The normalized spacial score (nSPS) is 17.9. The van der Waals surface area contributed by atoms with E-state index in [4.69, 9.17) is 23.7 Å². The lowest BCUT2D eigenvalue weighted by atomic mass is 9.85. The van der Waals surface area contributed by atoms with E-state index in [2.05, 4.69) is 0 Å². The number of esters is 1. The number of hydrogen-bond acceptors (Lipinski definition) is 7. The van der Waals surface area contributed by atoms with Gasteiger partial charge in [0.1, 0.15) is 29.1 Å². The maximum Gasteiger partial charge on any atom is 0.320 e. The second-order valence-corrected chi connectivity index (χ2v) is 6.84. The topological polar surface area (TPSA) is 80.3 Å². The van der Waals surface area contributed by atoms with Gasteiger partial charge in [0, 0.05) is 11.6 Å². The van der Waals surface area contributed by atoms with Gasteiger partial charge in [-0.2, -0.15) is 0 Å². The molecular weight excluding hydrogens is 376 g/mol. The number of Topliss-reactive ketones (excluding diaryl/α,β-unsaturated/α-hetero) is 1. The highest BCUT2D eigenvalue weighted by molar-refractivity contribution is 6.11. The van der Waals surface area contributed by atoms with Crippen molar-refractivity contribution in [1.82, 2.24) is 0 Å². The predicted octanol–water partition coefficient (Wildman–Crippen LogP) is 3.60. The molecule has 0 bridgehead atoms. The molecule has 0 aliphatic carbocycles. The summed E-state index contributed by atoms with van der Waals surface area (Å²) in [6.45, 7) is 3.78. The van der Waals surface area contributed by atoms with Gasteiger partial charge in [-0.05, 0) is 44.2 Å². The Labute approximate surface area is 169 Å². The zero-order chi connectivity index (χ0) is 21.1. The Morgan fingerprint density at radius 2 is 1.72 bits per heavy atom. The van der Waals surface area contributed by atoms with Gasteiger partial charge in [-0.25, -0.2) is 0 Å². The molecule has 1 aliphatic rings. The van der Waals surface area contributed by atoms with Gasteiger partial charge in [-0.15, -0.1) is 0 Å². The molecule has 0 amide bonds. The van der Waals surface area contributed by atoms with E-state index in [-0.39, 0.29) is 11.7 Å². The van der Waals surface area contributed by atoms with E-state index in [9.17, 15) is 9.59 Å². The molecule has 0 N–H and O–H groups in total. The summed E-state index contributed by atoms with van der Waals surface area (Å²) >= 11 is 0. The summed E-state index contributed by atoms with van der Waals surface area (Å²) in [7, 11) is 4.28. The van der Waals surface area contributed by atoms with Crippen molar-refractivity contribution in [2.45, 2.75) is 26.1 Å². The van der Waals surface area contributed by atoms with Crippen molar-refractivity contribution in [2.75, 3.05) is 21.3 Å². The number of rotatable bonds is 6. The highest BCUT2D eigenvalue weighted by Gasteiger charge is 2.45. The van der Waals surface area contributed by atoms with Gasteiger partial charge < -0.3 is 23.7 Å². The van der Waals surface area contributed by atoms with E-state index in [1.807, 2.05) is 13.8 Å². The summed E-state index contributed by atoms with van der Waals surface area (Å²) in [5.74, 6) is -0.329. The van der Waals surface area contributed by atoms with Crippen molar-refractivity contribution < 1.29 is 33.3 Å². The number of carbonyl (C=O) groups is 2. The van der Waals surface area contributed by atoms with Crippen LogP contribution < -0.4 is 18.9 Å². The van der Waals surface area contributed by atoms with Crippen molar-refractivity contribution in [2.24, 2.45) is 5.92 Å². The fourth-order valence-corrected chi connectivity index (χ4v) is 3.31. The van der Waals surface area contributed by atoms with Crippen LogP contribution in [0.5, 0.6) is 23.0 Å². The minimum Gasteiger partial charge on any atom is -0.497 e. The van der Waals surface area contributed by atoms with Crippen LogP contribution in [0.3, 0.4) is 0 Å². The lowest BCUT2D eigenvalue weighted by Gasteiger charge is -2.32. The first-order valence-corrected chi connectivity index (χ1v) is 9.21. The van der Waals surface area contributed by atoms with Gasteiger partial charge in [-0.1, -0.05) is 0 Å². The monoisotopic (exact) mass is 400 g/mol. The smallest absolute Gasteiger partial charge is 0.320 e. The van der Waals surface area contributed by atoms with Gasteiger partial charge in [0.25, 0.3) is 0 Å². The Bertz CT molecular complexity index is 919. The Hall–Kier alpha value is -3.22. The average molecular weight is 400 g/mol. The number of fused-ring (bicyclic) bond motifs is 1. The zero-order valence-corrected chi connectivity index (χ0v) is 17.1. The molecule has 0 spiro atoms. The number of ketones is 1. The van der Waals surface area contributed by atoms with E-state index >= 15 is 0 Å². The number of carbonyl (C=O) groups excluding carboxylic acids is 2. The maximum atomic E-state index is 13.3. The molecule has 0 aromatic heterocycles. The van der Waals surface area contributed by atoms with Crippen LogP contribution >= 0.6 is 0 Å². The molecule has 1 aliphatic heterocycles. The van der Waals surface area contributed by atoms with Gasteiger partial charge in [0.05, 0.1) is 33.0 Å². The molecule has 0 saturated carbocycles. The molecule has 2 atom stereocenters. The van der Waals surface area contributed by atoms with Crippen molar-refractivity contribution in [3.63, 3.8) is 0 Å². The Kier molecular flexibility index (Phi) is 5.96. The van der Waals surface area contributed by atoms with E-state index in [1.54, 1.807) is 43.5 Å². The van der Waals surface area contributed by atoms with Crippen molar-refractivity contribution in [3.05, 3.63) is 47.5 Å². The third-order valence-corrected chi connectivity index (χ3v) is 4.63.